The average Bonchev–Trinajstić information content (AvgIpc) is 2.87. The second-order valence-corrected chi connectivity index (χ2v) is 5.20. The Bertz CT molecular complexity index is 475. The molecule has 1 atom stereocenters. The minimum atomic E-state index is -1.03. The molecule has 1 aliphatic rings. The number of aromatic carboxylic acids is 1. The molecule has 1 amide bonds. The smallest absolute Gasteiger partial charge is 0.338 e. The summed E-state index contributed by atoms with van der Waals surface area (Å²) < 4.78 is 1.42. The molecule has 0 saturated carbocycles. The summed E-state index contributed by atoms with van der Waals surface area (Å²) in [6, 6.07) is -0.457. The first kappa shape index (κ1) is 13.6. The number of hydrogen-bond acceptors (Lipinski definition) is 3. The summed E-state index contributed by atoms with van der Waals surface area (Å²) in [4.78, 5) is 24.9. The Morgan fingerprint density at radius 3 is 2.58 bits per heavy atom. The lowest BCUT2D eigenvalue weighted by Crippen LogP contribution is -2.41. The van der Waals surface area contributed by atoms with E-state index in [9.17, 15) is 9.59 Å². The molecule has 0 aromatic carbocycles. The van der Waals surface area contributed by atoms with Crippen LogP contribution in [0.1, 0.15) is 43.1 Å². The van der Waals surface area contributed by atoms with Crippen LogP contribution in [0.4, 0.5) is 0 Å². The van der Waals surface area contributed by atoms with Gasteiger partial charge in [-0.1, -0.05) is 6.92 Å². The summed E-state index contributed by atoms with van der Waals surface area (Å²) in [7, 11) is 0. The van der Waals surface area contributed by atoms with Gasteiger partial charge in [0.05, 0.1) is 11.8 Å². The average molecular weight is 265 g/mol. The first-order valence-corrected chi connectivity index (χ1v) is 6.55. The summed E-state index contributed by atoms with van der Waals surface area (Å²) in [5.41, 5.74) is 0.104. The van der Waals surface area contributed by atoms with Crippen LogP contribution in [0.3, 0.4) is 0 Å². The minimum Gasteiger partial charge on any atom is -0.478 e. The molecule has 1 saturated heterocycles. The van der Waals surface area contributed by atoms with Gasteiger partial charge in [0.2, 0.25) is 5.91 Å². The van der Waals surface area contributed by atoms with E-state index in [0.29, 0.717) is 5.92 Å². The Balaban J connectivity index is 2.03. The Kier molecular flexibility index (Phi) is 3.87. The van der Waals surface area contributed by atoms with Crippen molar-refractivity contribution in [2.45, 2.75) is 32.7 Å². The van der Waals surface area contributed by atoms with Crippen molar-refractivity contribution in [1.82, 2.24) is 14.7 Å². The summed E-state index contributed by atoms with van der Waals surface area (Å²) in [6.07, 6.45) is 4.72. The van der Waals surface area contributed by atoms with E-state index in [-0.39, 0.29) is 11.5 Å². The molecule has 1 unspecified atom stereocenters. The molecule has 6 heteroatoms. The van der Waals surface area contributed by atoms with Crippen LogP contribution < -0.4 is 0 Å². The molecule has 1 aromatic rings. The van der Waals surface area contributed by atoms with Gasteiger partial charge < -0.3 is 10.0 Å². The normalized spacial score (nSPS) is 18.3. The molecule has 19 heavy (non-hydrogen) atoms. The van der Waals surface area contributed by atoms with Gasteiger partial charge in [0.25, 0.3) is 0 Å². The van der Waals surface area contributed by atoms with E-state index < -0.39 is 12.0 Å². The number of hydrogen-bond donors (Lipinski definition) is 1. The number of nitrogens with zero attached hydrogens (tertiary/aromatic N) is 3. The Labute approximate surface area is 112 Å². The van der Waals surface area contributed by atoms with Crippen molar-refractivity contribution in [1.29, 1.82) is 0 Å². The number of piperidine rings is 1. The topological polar surface area (TPSA) is 75.4 Å². The first-order valence-electron chi connectivity index (χ1n) is 6.55. The van der Waals surface area contributed by atoms with Crippen LogP contribution in [0.2, 0.25) is 0 Å². The maximum Gasteiger partial charge on any atom is 0.338 e. The van der Waals surface area contributed by atoms with Crippen molar-refractivity contribution < 1.29 is 14.7 Å². The van der Waals surface area contributed by atoms with Crippen LogP contribution in [-0.2, 0) is 4.79 Å². The lowest BCUT2D eigenvalue weighted by molar-refractivity contribution is -0.135. The van der Waals surface area contributed by atoms with Crippen molar-refractivity contribution in [3.8, 4) is 0 Å². The lowest BCUT2D eigenvalue weighted by Gasteiger charge is -2.32. The Hall–Kier alpha value is -1.85. The van der Waals surface area contributed by atoms with Gasteiger partial charge >= 0.3 is 5.97 Å². The Morgan fingerprint density at radius 2 is 2.05 bits per heavy atom. The molecule has 0 bridgehead atoms. The van der Waals surface area contributed by atoms with E-state index in [0.717, 1.165) is 25.9 Å². The number of carbonyl (C=O) groups excluding carboxylic acids is 1. The summed E-state index contributed by atoms with van der Waals surface area (Å²) in [6.45, 7) is 5.49. The number of likely N-dealkylation sites (tertiary alicyclic amines) is 1. The van der Waals surface area contributed by atoms with Gasteiger partial charge in [-0.05, 0) is 25.7 Å². The lowest BCUT2D eigenvalue weighted by atomic mass is 9.99. The van der Waals surface area contributed by atoms with Gasteiger partial charge in [-0.2, -0.15) is 5.10 Å². The molecule has 6 nitrogen and oxygen atoms in total. The van der Waals surface area contributed by atoms with Gasteiger partial charge in [0.15, 0.2) is 0 Å². The van der Waals surface area contributed by atoms with Crippen molar-refractivity contribution in [3.05, 3.63) is 18.0 Å². The molecule has 1 aliphatic heterocycles. The maximum atomic E-state index is 12.3. The predicted molar refractivity (Wildman–Crippen MR) is 68.9 cm³/mol. The highest BCUT2D eigenvalue weighted by molar-refractivity contribution is 5.87. The molecule has 0 spiro atoms. The quantitative estimate of drug-likeness (QED) is 0.896. The van der Waals surface area contributed by atoms with Crippen molar-refractivity contribution in [3.63, 3.8) is 0 Å². The molecule has 2 heterocycles. The third-order valence-corrected chi connectivity index (χ3v) is 3.70. The molecular weight excluding hydrogens is 246 g/mol. The van der Waals surface area contributed by atoms with Crippen LogP contribution in [0.25, 0.3) is 0 Å². The zero-order valence-electron chi connectivity index (χ0n) is 11.2. The van der Waals surface area contributed by atoms with Gasteiger partial charge in [0.1, 0.15) is 6.04 Å². The van der Waals surface area contributed by atoms with Crippen molar-refractivity contribution in [2.24, 2.45) is 5.92 Å². The zero-order valence-corrected chi connectivity index (χ0v) is 11.2. The van der Waals surface area contributed by atoms with E-state index in [1.54, 1.807) is 6.92 Å². The summed E-state index contributed by atoms with van der Waals surface area (Å²) in [5, 5.41) is 12.8. The van der Waals surface area contributed by atoms with E-state index in [1.807, 2.05) is 4.90 Å². The van der Waals surface area contributed by atoms with E-state index in [1.165, 1.54) is 17.1 Å². The van der Waals surface area contributed by atoms with Crippen LogP contribution in [-0.4, -0.2) is 44.8 Å². The largest absolute Gasteiger partial charge is 0.478 e. The highest BCUT2D eigenvalue weighted by Gasteiger charge is 2.26. The number of carboxylic acids is 1. The van der Waals surface area contributed by atoms with Crippen LogP contribution in [0, 0.1) is 5.92 Å². The molecule has 0 aliphatic carbocycles. The highest BCUT2D eigenvalue weighted by atomic mass is 16.4. The van der Waals surface area contributed by atoms with Crippen molar-refractivity contribution in [2.75, 3.05) is 13.1 Å². The van der Waals surface area contributed by atoms with Crippen LogP contribution in [0.5, 0.6) is 0 Å². The van der Waals surface area contributed by atoms with Gasteiger partial charge in [-0.15, -0.1) is 0 Å². The number of aromatic nitrogens is 2. The number of carboxylic acid groups (broad SMARTS) is 1. The number of rotatable bonds is 3. The van der Waals surface area contributed by atoms with Crippen LogP contribution >= 0.6 is 0 Å². The van der Waals surface area contributed by atoms with Gasteiger partial charge in [-0.3, -0.25) is 9.48 Å². The third kappa shape index (κ3) is 2.94. The van der Waals surface area contributed by atoms with E-state index in [4.69, 9.17) is 5.11 Å². The third-order valence-electron chi connectivity index (χ3n) is 3.70. The molecule has 2 rings (SSSR count). The summed E-state index contributed by atoms with van der Waals surface area (Å²) in [5.74, 6) is -0.354. The maximum absolute atomic E-state index is 12.3. The fourth-order valence-corrected chi connectivity index (χ4v) is 2.27. The Morgan fingerprint density at radius 1 is 1.42 bits per heavy atom. The second-order valence-electron chi connectivity index (χ2n) is 5.20. The molecular formula is C13H19N3O3. The SMILES string of the molecule is CC1CCN(C(=O)C(C)n2cc(C(=O)O)cn2)CC1. The number of carbonyl (C=O) groups is 2. The highest BCUT2D eigenvalue weighted by Crippen LogP contribution is 2.19. The monoisotopic (exact) mass is 265 g/mol. The second kappa shape index (κ2) is 5.42. The van der Waals surface area contributed by atoms with Gasteiger partial charge in [-0.25, -0.2) is 4.79 Å². The standard InChI is InChI=1S/C13H19N3O3/c1-9-3-5-15(6-4-9)12(17)10(2)16-8-11(7-14-16)13(18)19/h7-10H,3-6H2,1-2H3,(H,18,19). The van der Waals surface area contributed by atoms with E-state index >= 15 is 0 Å². The molecule has 1 N–H and O–H groups in total. The van der Waals surface area contributed by atoms with E-state index in [2.05, 4.69) is 12.0 Å². The minimum absolute atomic E-state index is 0.00642. The molecule has 0 radical (unpaired) electrons. The molecule has 1 fully saturated rings. The van der Waals surface area contributed by atoms with Crippen molar-refractivity contribution >= 4 is 11.9 Å². The van der Waals surface area contributed by atoms with Crippen LogP contribution in [0.15, 0.2) is 12.4 Å². The molecule has 1 aromatic heterocycles. The number of amides is 1. The zero-order chi connectivity index (χ0) is 14.0. The summed E-state index contributed by atoms with van der Waals surface area (Å²) >= 11 is 0. The van der Waals surface area contributed by atoms with Gasteiger partial charge in [0, 0.05) is 19.3 Å². The first-order chi connectivity index (χ1) is 8.99. The fourth-order valence-electron chi connectivity index (χ4n) is 2.27. The fraction of sp³-hybridized carbons (Fsp3) is 0.615. The predicted octanol–water partition coefficient (Wildman–Crippen LogP) is 1.40. The molecule has 104 valence electrons.